The summed E-state index contributed by atoms with van der Waals surface area (Å²) in [6.07, 6.45) is 10.8. The highest BCUT2D eigenvalue weighted by molar-refractivity contribution is 5.57. The fourth-order valence-electron chi connectivity index (χ4n) is 3.89. The van der Waals surface area contributed by atoms with Crippen LogP contribution < -0.4 is 5.32 Å². The maximum absolute atomic E-state index is 4.69. The maximum atomic E-state index is 4.69. The molecule has 3 heterocycles. The van der Waals surface area contributed by atoms with Gasteiger partial charge in [-0.1, -0.05) is 43.2 Å². The molecule has 0 bridgehead atoms. The fraction of sp³-hybridized carbons (Fsp3) is 0.409. The molecule has 0 saturated carbocycles. The zero-order chi connectivity index (χ0) is 19.2. The molecule has 6 heteroatoms. The van der Waals surface area contributed by atoms with Gasteiger partial charge in [0.15, 0.2) is 0 Å². The van der Waals surface area contributed by atoms with Crippen LogP contribution in [0.2, 0.25) is 0 Å². The van der Waals surface area contributed by atoms with Crippen LogP contribution in [0.4, 0.5) is 5.95 Å². The zero-order valence-corrected chi connectivity index (χ0v) is 16.5. The van der Waals surface area contributed by atoms with E-state index in [-0.39, 0.29) is 0 Å². The molecule has 146 valence electrons. The quantitative estimate of drug-likeness (QED) is 0.707. The van der Waals surface area contributed by atoms with E-state index in [0.717, 1.165) is 30.9 Å². The summed E-state index contributed by atoms with van der Waals surface area (Å²) in [5.74, 6) is 0.664. The lowest BCUT2D eigenvalue weighted by Crippen LogP contribution is -2.34. The van der Waals surface area contributed by atoms with Crippen molar-refractivity contribution in [2.24, 2.45) is 7.05 Å². The monoisotopic (exact) mass is 376 g/mol. The molecule has 1 aliphatic heterocycles. The molecule has 28 heavy (non-hydrogen) atoms. The van der Waals surface area contributed by atoms with E-state index in [1.54, 1.807) is 10.9 Å². The third kappa shape index (κ3) is 4.57. The van der Waals surface area contributed by atoms with Crippen molar-refractivity contribution in [2.45, 2.75) is 31.7 Å². The van der Waals surface area contributed by atoms with Crippen LogP contribution >= 0.6 is 0 Å². The zero-order valence-electron chi connectivity index (χ0n) is 16.5. The topological polar surface area (TPSA) is 58.9 Å². The number of benzene rings is 1. The van der Waals surface area contributed by atoms with Crippen LogP contribution in [0.3, 0.4) is 0 Å². The van der Waals surface area contributed by atoms with Gasteiger partial charge in [0.2, 0.25) is 5.95 Å². The van der Waals surface area contributed by atoms with Crippen molar-refractivity contribution in [1.82, 2.24) is 24.6 Å². The van der Waals surface area contributed by atoms with Crippen molar-refractivity contribution < 1.29 is 0 Å². The highest BCUT2D eigenvalue weighted by Gasteiger charge is 2.21. The molecule has 1 aliphatic rings. The van der Waals surface area contributed by atoms with E-state index in [9.17, 15) is 0 Å². The average Bonchev–Trinajstić information content (AvgIpc) is 2.99. The van der Waals surface area contributed by atoms with Crippen LogP contribution in [0.15, 0.2) is 55.0 Å². The Morgan fingerprint density at radius 2 is 1.82 bits per heavy atom. The number of nitrogens with one attached hydrogen (secondary N) is 1. The fourth-order valence-corrected chi connectivity index (χ4v) is 3.89. The van der Waals surface area contributed by atoms with Gasteiger partial charge in [-0.25, -0.2) is 9.97 Å². The van der Waals surface area contributed by atoms with Gasteiger partial charge >= 0.3 is 0 Å². The van der Waals surface area contributed by atoms with Gasteiger partial charge in [0.25, 0.3) is 0 Å². The number of hydrogen-bond acceptors (Lipinski definition) is 5. The smallest absolute Gasteiger partial charge is 0.223 e. The molecule has 0 amide bonds. The Kier molecular flexibility index (Phi) is 5.97. The minimum atomic E-state index is 0.324. The van der Waals surface area contributed by atoms with E-state index < -0.39 is 0 Å². The Bertz CT molecular complexity index is 867. The maximum Gasteiger partial charge on any atom is 0.223 e. The molecule has 0 aliphatic carbocycles. The second kappa shape index (κ2) is 8.97. The van der Waals surface area contributed by atoms with Gasteiger partial charge in [0.1, 0.15) is 0 Å². The number of anilines is 1. The molecule has 0 spiro atoms. The first-order valence-corrected chi connectivity index (χ1v) is 10.1. The van der Waals surface area contributed by atoms with Crippen LogP contribution in [-0.2, 0) is 7.05 Å². The third-order valence-electron chi connectivity index (χ3n) is 5.38. The minimum Gasteiger partial charge on any atom is -0.352 e. The van der Waals surface area contributed by atoms with E-state index in [4.69, 9.17) is 4.98 Å². The summed E-state index contributed by atoms with van der Waals surface area (Å²) in [5.41, 5.74) is 3.23. The lowest BCUT2D eigenvalue weighted by molar-refractivity contribution is 0.213. The van der Waals surface area contributed by atoms with Gasteiger partial charge in [0, 0.05) is 31.5 Å². The van der Waals surface area contributed by atoms with Crippen molar-refractivity contribution in [3.05, 3.63) is 60.6 Å². The van der Waals surface area contributed by atoms with Gasteiger partial charge < -0.3 is 5.32 Å². The molecule has 6 nitrogen and oxygen atoms in total. The van der Waals surface area contributed by atoms with E-state index in [2.05, 4.69) is 50.6 Å². The number of hydrogen-bond donors (Lipinski definition) is 1. The second-order valence-corrected chi connectivity index (χ2v) is 7.43. The van der Waals surface area contributed by atoms with Gasteiger partial charge in [-0.3, -0.25) is 9.58 Å². The molecule has 1 saturated heterocycles. The first kappa shape index (κ1) is 18.6. The average molecular weight is 377 g/mol. The summed E-state index contributed by atoms with van der Waals surface area (Å²) in [6.45, 7) is 3.09. The molecule has 4 rings (SSSR count). The Hall–Kier alpha value is -2.73. The van der Waals surface area contributed by atoms with Gasteiger partial charge in [-0.2, -0.15) is 5.10 Å². The third-order valence-corrected chi connectivity index (χ3v) is 5.38. The normalized spacial score (nSPS) is 16.5. The number of nitrogens with zero attached hydrogens (tertiary/aromatic N) is 5. The van der Waals surface area contributed by atoms with Crippen molar-refractivity contribution in [3.8, 4) is 11.3 Å². The minimum absolute atomic E-state index is 0.324. The Balaban J connectivity index is 1.51. The number of aromatic nitrogens is 4. The van der Waals surface area contributed by atoms with Crippen LogP contribution in [0.25, 0.3) is 11.3 Å². The first-order valence-electron chi connectivity index (χ1n) is 10.1. The largest absolute Gasteiger partial charge is 0.352 e. The van der Waals surface area contributed by atoms with E-state index in [0.29, 0.717) is 12.0 Å². The summed E-state index contributed by atoms with van der Waals surface area (Å²) >= 11 is 0. The molecule has 3 aromatic rings. The van der Waals surface area contributed by atoms with E-state index >= 15 is 0 Å². The molecule has 0 radical (unpaired) electrons. The summed E-state index contributed by atoms with van der Waals surface area (Å²) < 4.78 is 1.79. The highest BCUT2D eigenvalue weighted by Crippen LogP contribution is 2.25. The summed E-state index contributed by atoms with van der Waals surface area (Å²) in [4.78, 5) is 11.7. The molecule has 1 fully saturated rings. The first-order chi connectivity index (χ1) is 13.8. The number of likely N-dealkylation sites (tertiary alicyclic amines) is 1. The molecule has 2 aromatic heterocycles. The van der Waals surface area contributed by atoms with Crippen molar-refractivity contribution in [3.63, 3.8) is 0 Å². The summed E-state index contributed by atoms with van der Waals surface area (Å²) in [6, 6.07) is 13.0. The molecule has 1 unspecified atom stereocenters. The van der Waals surface area contributed by atoms with E-state index in [1.807, 2.05) is 25.5 Å². The number of aryl methyl sites for hydroxylation is 1. The highest BCUT2D eigenvalue weighted by atomic mass is 15.2. The van der Waals surface area contributed by atoms with Gasteiger partial charge in [-0.05, 0) is 37.6 Å². The molecular formula is C22H28N6. The predicted octanol–water partition coefficient (Wildman–Crippen LogP) is 3.91. The molecular weight excluding hydrogens is 348 g/mol. The Labute approximate surface area is 166 Å². The number of rotatable bonds is 6. The van der Waals surface area contributed by atoms with Crippen molar-refractivity contribution in [2.75, 3.05) is 25.0 Å². The summed E-state index contributed by atoms with van der Waals surface area (Å²) in [5, 5.41) is 7.72. The van der Waals surface area contributed by atoms with Crippen LogP contribution in [0.1, 0.15) is 37.3 Å². The van der Waals surface area contributed by atoms with Gasteiger partial charge in [0.05, 0.1) is 17.9 Å². The van der Waals surface area contributed by atoms with E-state index in [1.165, 1.54) is 31.2 Å². The second-order valence-electron chi connectivity index (χ2n) is 7.43. The van der Waals surface area contributed by atoms with Crippen LogP contribution in [-0.4, -0.2) is 44.3 Å². The lowest BCUT2D eigenvalue weighted by Gasteiger charge is -2.31. The molecule has 1 N–H and O–H groups in total. The predicted molar refractivity (Wildman–Crippen MR) is 112 cm³/mol. The molecule has 1 atom stereocenters. The Morgan fingerprint density at radius 1 is 1.04 bits per heavy atom. The van der Waals surface area contributed by atoms with Crippen LogP contribution in [0.5, 0.6) is 0 Å². The van der Waals surface area contributed by atoms with Crippen molar-refractivity contribution >= 4 is 5.95 Å². The SMILES string of the molecule is Cn1cc(-c2ccnc(NCC(c3ccccc3)N3CCCCCC3)n2)cn1. The standard InChI is InChI=1S/C22H28N6/c1-27-17-19(15-25-27)20-11-12-23-22(26-20)24-16-21(18-9-5-4-6-10-18)28-13-7-2-3-8-14-28/h4-6,9-12,15,17,21H,2-3,7-8,13-14,16H2,1H3,(H,23,24,26). The molecule has 1 aromatic carbocycles. The lowest BCUT2D eigenvalue weighted by atomic mass is 10.0. The van der Waals surface area contributed by atoms with Gasteiger partial charge in [-0.15, -0.1) is 0 Å². The summed E-state index contributed by atoms with van der Waals surface area (Å²) in [7, 11) is 1.91. The van der Waals surface area contributed by atoms with Crippen molar-refractivity contribution in [1.29, 1.82) is 0 Å². The van der Waals surface area contributed by atoms with Crippen LogP contribution in [0, 0.1) is 0 Å². The Morgan fingerprint density at radius 3 is 2.54 bits per heavy atom.